The molecule has 0 N–H and O–H groups in total. The van der Waals surface area contributed by atoms with E-state index in [4.69, 9.17) is 14.2 Å². The molecule has 0 spiro atoms. The SMILES string of the molecule is COCCCCC1OC(C)(C)OC1C(F)(F)F. The number of methoxy groups -OCH3 is 1. The van der Waals surface area contributed by atoms with Crippen LogP contribution in [0.5, 0.6) is 0 Å². The first kappa shape index (κ1) is 14.7. The fourth-order valence-corrected chi connectivity index (χ4v) is 1.92. The van der Waals surface area contributed by atoms with Crippen molar-refractivity contribution >= 4 is 0 Å². The van der Waals surface area contributed by atoms with Crippen LogP contribution in [0, 0.1) is 0 Å². The Balaban J connectivity index is 2.50. The predicted molar refractivity (Wildman–Crippen MR) is 55.6 cm³/mol. The lowest BCUT2D eigenvalue weighted by molar-refractivity contribution is -0.233. The van der Waals surface area contributed by atoms with E-state index in [1.807, 2.05) is 0 Å². The second-order valence-corrected chi connectivity index (χ2v) is 4.62. The fraction of sp³-hybridized carbons (Fsp3) is 1.00. The Morgan fingerprint density at radius 2 is 1.82 bits per heavy atom. The van der Waals surface area contributed by atoms with E-state index in [2.05, 4.69) is 0 Å². The van der Waals surface area contributed by atoms with E-state index in [0.29, 0.717) is 19.4 Å². The van der Waals surface area contributed by atoms with Gasteiger partial charge in [-0.15, -0.1) is 0 Å². The summed E-state index contributed by atoms with van der Waals surface area (Å²) in [6.45, 7) is 3.55. The molecule has 1 rings (SSSR count). The van der Waals surface area contributed by atoms with Crippen LogP contribution in [0.15, 0.2) is 0 Å². The highest BCUT2D eigenvalue weighted by Gasteiger charge is 2.54. The maximum Gasteiger partial charge on any atom is 0.417 e. The van der Waals surface area contributed by atoms with Gasteiger partial charge in [0.15, 0.2) is 11.9 Å². The molecule has 0 aromatic rings. The van der Waals surface area contributed by atoms with Crippen molar-refractivity contribution < 1.29 is 27.4 Å². The number of hydrogen-bond donors (Lipinski definition) is 0. The molecule has 102 valence electrons. The van der Waals surface area contributed by atoms with Gasteiger partial charge < -0.3 is 14.2 Å². The van der Waals surface area contributed by atoms with Gasteiger partial charge in [-0.3, -0.25) is 0 Å². The number of halogens is 3. The van der Waals surface area contributed by atoms with Crippen LogP contribution in [0.2, 0.25) is 0 Å². The Kier molecular flexibility index (Phi) is 4.80. The van der Waals surface area contributed by atoms with Crippen LogP contribution >= 0.6 is 0 Å². The summed E-state index contributed by atoms with van der Waals surface area (Å²) in [7, 11) is 1.57. The first-order valence-electron chi connectivity index (χ1n) is 5.67. The summed E-state index contributed by atoms with van der Waals surface area (Å²) < 4.78 is 53.1. The monoisotopic (exact) mass is 256 g/mol. The van der Waals surface area contributed by atoms with Gasteiger partial charge in [-0.25, -0.2) is 0 Å². The molecule has 3 nitrogen and oxygen atoms in total. The van der Waals surface area contributed by atoms with E-state index in [9.17, 15) is 13.2 Å². The van der Waals surface area contributed by atoms with Gasteiger partial charge >= 0.3 is 6.18 Å². The minimum Gasteiger partial charge on any atom is -0.385 e. The summed E-state index contributed by atoms with van der Waals surface area (Å²) >= 11 is 0. The summed E-state index contributed by atoms with van der Waals surface area (Å²) in [5.41, 5.74) is 0. The minimum absolute atomic E-state index is 0.330. The van der Waals surface area contributed by atoms with Crippen molar-refractivity contribution in [2.24, 2.45) is 0 Å². The molecule has 0 radical (unpaired) electrons. The molecular weight excluding hydrogens is 237 g/mol. The molecule has 0 aliphatic carbocycles. The summed E-state index contributed by atoms with van der Waals surface area (Å²) in [6.07, 6.45) is -5.43. The highest BCUT2D eigenvalue weighted by molar-refractivity contribution is 4.86. The Morgan fingerprint density at radius 3 is 2.35 bits per heavy atom. The van der Waals surface area contributed by atoms with Gasteiger partial charge in [0, 0.05) is 13.7 Å². The Hall–Kier alpha value is -0.330. The first-order valence-corrected chi connectivity index (χ1v) is 5.67. The van der Waals surface area contributed by atoms with Crippen LogP contribution in [0.3, 0.4) is 0 Å². The maximum atomic E-state index is 12.7. The second kappa shape index (κ2) is 5.54. The van der Waals surface area contributed by atoms with Crippen molar-refractivity contribution in [2.75, 3.05) is 13.7 Å². The third-order valence-corrected chi connectivity index (χ3v) is 2.59. The Labute approximate surface area is 99.2 Å². The van der Waals surface area contributed by atoms with Gasteiger partial charge in [0.2, 0.25) is 0 Å². The van der Waals surface area contributed by atoms with Crippen molar-refractivity contribution in [1.29, 1.82) is 0 Å². The lowest BCUT2D eigenvalue weighted by Gasteiger charge is -2.19. The smallest absolute Gasteiger partial charge is 0.385 e. The topological polar surface area (TPSA) is 27.7 Å². The number of hydrogen-bond acceptors (Lipinski definition) is 3. The quantitative estimate of drug-likeness (QED) is 0.708. The van der Waals surface area contributed by atoms with Crippen LogP contribution in [-0.2, 0) is 14.2 Å². The molecule has 1 fully saturated rings. The number of ether oxygens (including phenoxy) is 3. The van der Waals surface area contributed by atoms with E-state index < -0.39 is 24.2 Å². The molecular formula is C11H19F3O3. The van der Waals surface area contributed by atoms with Crippen molar-refractivity contribution in [2.45, 2.75) is 57.3 Å². The molecule has 1 aliphatic rings. The number of rotatable bonds is 5. The molecule has 0 aromatic heterocycles. The second-order valence-electron chi connectivity index (χ2n) is 4.62. The van der Waals surface area contributed by atoms with E-state index in [-0.39, 0.29) is 0 Å². The molecule has 0 saturated carbocycles. The summed E-state index contributed by atoms with van der Waals surface area (Å²) in [5, 5.41) is 0. The zero-order valence-electron chi connectivity index (χ0n) is 10.3. The zero-order valence-corrected chi connectivity index (χ0v) is 10.3. The molecule has 1 heterocycles. The van der Waals surface area contributed by atoms with Crippen molar-refractivity contribution in [3.8, 4) is 0 Å². The fourth-order valence-electron chi connectivity index (χ4n) is 1.92. The zero-order chi connectivity index (χ0) is 13.1. The van der Waals surface area contributed by atoms with E-state index >= 15 is 0 Å². The van der Waals surface area contributed by atoms with Crippen LogP contribution in [-0.4, -0.2) is 37.9 Å². The van der Waals surface area contributed by atoms with Crippen LogP contribution in [0.25, 0.3) is 0 Å². The average molecular weight is 256 g/mol. The highest BCUT2D eigenvalue weighted by Crippen LogP contribution is 2.39. The predicted octanol–water partition coefficient (Wildman–Crippen LogP) is 2.89. The number of alkyl halides is 3. The standard InChI is InChI=1S/C11H19F3O3/c1-10(2)16-8(6-4-5-7-15-3)9(17-10)11(12,13)14/h8-9H,4-7H2,1-3H3. The molecule has 2 atom stereocenters. The third kappa shape index (κ3) is 4.44. The normalized spacial score (nSPS) is 28.6. The van der Waals surface area contributed by atoms with E-state index in [0.717, 1.165) is 6.42 Å². The molecule has 17 heavy (non-hydrogen) atoms. The lowest BCUT2D eigenvalue weighted by Crippen LogP contribution is -2.37. The Bertz CT molecular complexity index is 241. The largest absolute Gasteiger partial charge is 0.417 e. The number of unbranched alkanes of at least 4 members (excludes halogenated alkanes) is 1. The van der Waals surface area contributed by atoms with Gasteiger partial charge in [-0.05, 0) is 33.1 Å². The van der Waals surface area contributed by atoms with Gasteiger partial charge in [-0.1, -0.05) is 0 Å². The summed E-state index contributed by atoms with van der Waals surface area (Å²) in [5.74, 6) is -1.16. The van der Waals surface area contributed by atoms with Gasteiger partial charge in [-0.2, -0.15) is 13.2 Å². The molecule has 6 heteroatoms. The highest BCUT2D eigenvalue weighted by atomic mass is 19.4. The first-order chi connectivity index (χ1) is 7.76. The maximum absolute atomic E-state index is 12.7. The average Bonchev–Trinajstić information content (AvgIpc) is 2.48. The lowest BCUT2D eigenvalue weighted by atomic mass is 10.1. The molecule has 0 aromatic carbocycles. The third-order valence-electron chi connectivity index (χ3n) is 2.59. The van der Waals surface area contributed by atoms with Gasteiger partial charge in [0.25, 0.3) is 0 Å². The van der Waals surface area contributed by atoms with Crippen molar-refractivity contribution in [3.05, 3.63) is 0 Å². The Morgan fingerprint density at radius 1 is 1.18 bits per heavy atom. The molecule has 1 aliphatic heterocycles. The summed E-state index contributed by atoms with van der Waals surface area (Å²) in [4.78, 5) is 0. The van der Waals surface area contributed by atoms with Crippen LogP contribution in [0.1, 0.15) is 33.1 Å². The van der Waals surface area contributed by atoms with E-state index in [1.54, 1.807) is 7.11 Å². The van der Waals surface area contributed by atoms with Crippen molar-refractivity contribution in [3.63, 3.8) is 0 Å². The van der Waals surface area contributed by atoms with Crippen molar-refractivity contribution in [1.82, 2.24) is 0 Å². The van der Waals surface area contributed by atoms with Crippen LogP contribution < -0.4 is 0 Å². The van der Waals surface area contributed by atoms with Gasteiger partial charge in [0.1, 0.15) is 0 Å². The minimum atomic E-state index is -4.38. The van der Waals surface area contributed by atoms with E-state index in [1.165, 1.54) is 13.8 Å². The molecule has 0 bridgehead atoms. The van der Waals surface area contributed by atoms with Crippen LogP contribution in [0.4, 0.5) is 13.2 Å². The molecule has 0 amide bonds. The molecule has 2 unspecified atom stereocenters. The molecule has 1 saturated heterocycles. The summed E-state index contributed by atoms with van der Waals surface area (Å²) in [6, 6.07) is 0. The van der Waals surface area contributed by atoms with Gasteiger partial charge in [0.05, 0.1) is 6.10 Å².